The predicted octanol–water partition coefficient (Wildman–Crippen LogP) is 3.96. The molecule has 0 saturated carbocycles. The third-order valence-corrected chi connectivity index (χ3v) is 6.17. The van der Waals surface area contributed by atoms with E-state index >= 15 is 0 Å². The first-order chi connectivity index (χ1) is 12.9. The van der Waals surface area contributed by atoms with Crippen molar-refractivity contribution in [3.63, 3.8) is 0 Å². The third kappa shape index (κ3) is 4.49. The fourth-order valence-electron chi connectivity index (χ4n) is 3.86. The Kier molecular flexibility index (Phi) is 6.15. The van der Waals surface area contributed by atoms with Gasteiger partial charge in [-0.3, -0.25) is 4.79 Å². The Labute approximate surface area is 166 Å². The van der Waals surface area contributed by atoms with Crippen molar-refractivity contribution in [3.8, 4) is 0 Å². The molecule has 2 aromatic rings. The zero-order chi connectivity index (χ0) is 19.6. The number of aromatic nitrogens is 1. The Morgan fingerprint density at radius 3 is 2.52 bits per heavy atom. The lowest BCUT2D eigenvalue weighted by Crippen LogP contribution is -2.58. The Morgan fingerprint density at radius 2 is 1.93 bits per heavy atom. The van der Waals surface area contributed by atoms with Crippen LogP contribution in [0.15, 0.2) is 28.8 Å². The van der Waals surface area contributed by atoms with Crippen molar-refractivity contribution >= 4 is 23.4 Å². The average molecular weight is 388 g/mol. The molecule has 1 saturated heterocycles. The van der Waals surface area contributed by atoms with E-state index in [-0.39, 0.29) is 5.91 Å². The quantitative estimate of drug-likeness (QED) is 0.777. The molecule has 0 unspecified atom stereocenters. The summed E-state index contributed by atoms with van der Waals surface area (Å²) in [7, 11) is 0. The smallest absolute Gasteiger partial charge is 0.232 e. The van der Waals surface area contributed by atoms with Gasteiger partial charge in [-0.2, -0.15) is 0 Å². The van der Waals surface area contributed by atoms with Gasteiger partial charge < -0.3 is 14.3 Å². The van der Waals surface area contributed by atoms with Crippen LogP contribution in [-0.2, 0) is 10.5 Å². The molecule has 0 N–H and O–H groups in total. The summed E-state index contributed by atoms with van der Waals surface area (Å²) >= 11 is 1.64. The summed E-state index contributed by atoms with van der Waals surface area (Å²) in [4.78, 5) is 17.2. The number of anilines is 1. The lowest BCUT2D eigenvalue weighted by molar-refractivity contribution is -0.129. The topological polar surface area (TPSA) is 49.6 Å². The zero-order valence-electron chi connectivity index (χ0n) is 16.9. The number of thioether (sulfide) groups is 1. The molecule has 0 bridgehead atoms. The number of rotatable bonds is 5. The summed E-state index contributed by atoms with van der Waals surface area (Å²) in [6.45, 7) is 11.9. The van der Waals surface area contributed by atoms with Crippen molar-refractivity contribution in [1.29, 1.82) is 0 Å². The Hall–Kier alpha value is -1.95. The van der Waals surface area contributed by atoms with Gasteiger partial charge in [0.2, 0.25) is 5.91 Å². The lowest BCUT2D eigenvalue weighted by Gasteiger charge is -2.46. The molecule has 6 heteroatoms. The standard InChI is InChI=1S/C21H29N3O2S/c1-14-7-6-8-19(9-14)24-15(2)10-23(11-16(24)3)21(25)13-27-12-20-17(4)22-26-18(20)5/h6-9,15-16H,10-13H2,1-5H3/t15-,16+. The van der Waals surface area contributed by atoms with Crippen molar-refractivity contribution in [1.82, 2.24) is 10.1 Å². The third-order valence-electron chi connectivity index (χ3n) is 5.22. The second-order valence-corrected chi connectivity index (χ2v) is 8.52. The summed E-state index contributed by atoms with van der Waals surface area (Å²) in [5.41, 5.74) is 4.54. The number of nitrogens with zero attached hydrogens (tertiary/aromatic N) is 3. The molecule has 1 aromatic heterocycles. The summed E-state index contributed by atoms with van der Waals surface area (Å²) in [6, 6.07) is 9.21. The number of piperazine rings is 1. The van der Waals surface area contributed by atoms with Crippen molar-refractivity contribution in [2.24, 2.45) is 0 Å². The maximum absolute atomic E-state index is 12.7. The number of carbonyl (C=O) groups is 1. The number of hydrogen-bond donors (Lipinski definition) is 0. The van der Waals surface area contributed by atoms with Gasteiger partial charge in [0.05, 0.1) is 11.4 Å². The van der Waals surface area contributed by atoms with E-state index in [9.17, 15) is 4.79 Å². The molecule has 1 fully saturated rings. The number of carbonyl (C=O) groups excluding carboxylic acids is 1. The van der Waals surface area contributed by atoms with Gasteiger partial charge in [-0.1, -0.05) is 17.3 Å². The summed E-state index contributed by atoms with van der Waals surface area (Å²) in [6.07, 6.45) is 0. The highest BCUT2D eigenvalue weighted by molar-refractivity contribution is 7.99. The summed E-state index contributed by atoms with van der Waals surface area (Å²) < 4.78 is 5.20. The predicted molar refractivity (Wildman–Crippen MR) is 111 cm³/mol. The van der Waals surface area contributed by atoms with Crippen molar-refractivity contribution < 1.29 is 9.32 Å². The molecule has 2 heterocycles. The Balaban J connectivity index is 1.57. The second-order valence-electron chi connectivity index (χ2n) is 7.54. The minimum absolute atomic E-state index is 0.217. The zero-order valence-corrected chi connectivity index (χ0v) is 17.7. The van der Waals surface area contributed by atoms with Crippen LogP contribution in [0.25, 0.3) is 0 Å². The van der Waals surface area contributed by atoms with E-state index in [0.717, 1.165) is 35.9 Å². The molecule has 1 aliphatic heterocycles. The van der Waals surface area contributed by atoms with Crippen LogP contribution in [0.2, 0.25) is 0 Å². The fourth-order valence-corrected chi connectivity index (χ4v) is 4.94. The molecule has 0 aliphatic carbocycles. The van der Waals surface area contributed by atoms with Crippen LogP contribution in [0.1, 0.15) is 36.4 Å². The molecule has 0 spiro atoms. The SMILES string of the molecule is Cc1cccc(N2[C@H](C)CN(C(=O)CSCc3c(C)noc3C)C[C@@H]2C)c1. The van der Waals surface area contributed by atoms with E-state index in [0.29, 0.717) is 17.8 Å². The van der Waals surface area contributed by atoms with Crippen LogP contribution < -0.4 is 4.90 Å². The van der Waals surface area contributed by atoms with Gasteiger partial charge in [-0.05, 0) is 52.3 Å². The lowest BCUT2D eigenvalue weighted by atomic mass is 10.1. The molecule has 146 valence electrons. The van der Waals surface area contributed by atoms with Crippen LogP contribution in [0, 0.1) is 20.8 Å². The van der Waals surface area contributed by atoms with Crippen LogP contribution in [0.5, 0.6) is 0 Å². The first-order valence-electron chi connectivity index (χ1n) is 9.49. The highest BCUT2D eigenvalue weighted by Crippen LogP contribution is 2.26. The summed E-state index contributed by atoms with van der Waals surface area (Å²) in [5, 5.41) is 3.98. The molecule has 2 atom stereocenters. The minimum Gasteiger partial charge on any atom is -0.363 e. The number of hydrogen-bond acceptors (Lipinski definition) is 5. The van der Waals surface area contributed by atoms with Gasteiger partial charge in [0.25, 0.3) is 0 Å². The average Bonchev–Trinajstić information content (AvgIpc) is 2.93. The molecule has 27 heavy (non-hydrogen) atoms. The first-order valence-corrected chi connectivity index (χ1v) is 10.6. The molecular weight excluding hydrogens is 358 g/mol. The van der Waals surface area contributed by atoms with Crippen molar-refractivity contribution in [2.45, 2.75) is 52.5 Å². The summed E-state index contributed by atoms with van der Waals surface area (Å²) in [5.74, 6) is 2.32. The number of amides is 1. The Bertz CT molecular complexity index is 773. The van der Waals surface area contributed by atoms with E-state index in [1.807, 2.05) is 18.7 Å². The van der Waals surface area contributed by atoms with Gasteiger partial charge in [0, 0.05) is 42.2 Å². The molecule has 0 radical (unpaired) electrons. The van der Waals surface area contributed by atoms with E-state index < -0.39 is 0 Å². The van der Waals surface area contributed by atoms with Crippen LogP contribution in [-0.4, -0.2) is 46.9 Å². The maximum atomic E-state index is 12.7. The van der Waals surface area contributed by atoms with Crippen LogP contribution in [0.4, 0.5) is 5.69 Å². The van der Waals surface area contributed by atoms with Crippen LogP contribution >= 0.6 is 11.8 Å². The fraction of sp³-hybridized carbons (Fsp3) is 0.524. The highest BCUT2D eigenvalue weighted by atomic mass is 32.2. The van der Waals surface area contributed by atoms with E-state index in [2.05, 4.69) is 55.1 Å². The monoisotopic (exact) mass is 387 g/mol. The normalized spacial score (nSPS) is 20.2. The number of aryl methyl sites for hydroxylation is 3. The molecule has 5 nitrogen and oxygen atoms in total. The van der Waals surface area contributed by atoms with E-state index in [1.165, 1.54) is 11.3 Å². The first kappa shape index (κ1) is 19.8. The van der Waals surface area contributed by atoms with Gasteiger partial charge in [-0.25, -0.2) is 0 Å². The van der Waals surface area contributed by atoms with Crippen molar-refractivity contribution in [2.75, 3.05) is 23.7 Å². The van der Waals surface area contributed by atoms with E-state index in [1.54, 1.807) is 11.8 Å². The molecule has 1 aliphatic rings. The maximum Gasteiger partial charge on any atom is 0.232 e. The van der Waals surface area contributed by atoms with Crippen molar-refractivity contribution in [3.05, 3.63) is 46.8 Å². The van der Waals surface area contributed by atoms with Gasteiger partial charge in [0.1, 0.15) is 5.76 Å². The van der Waals surface area contributed by atoms with E-state index in [4.69, 9.17) is 4.52 Å². The number of benzene rings is 1. The highest BCUT2D eigenvalue weighted by Gasteiger charge is 2.31. The molecule has 1 aromatic carbocycles. The van der Waals surface area contributed by atoms with Gasteiger partial charge in [0.15, 0.2) is 0 Å². The van der Waals surface area contributed by atoms with Crippen LogP contribution in [0.3, 0.4) is 0 Å². The molecular formula is C21H29N3O2S. The minimum atomic E-state index is 0.217. The molecule has 1 amide bonds. The van der Waals surface area contributed by atoms with Gasteiger partial charge >= 0.3 is 0 Å². The van der Waals surface area contributed by atoms with Gasteiger partial charge in [-0.15, -0.1) is 11.8 Å². The molecule has 3 rings (SSSR count). The largest absolute Gasteiger partial charge is 0.363 e. The second kappa shape index (κ2) is 8.38. The Morgan fingerprint density at radius 1 is 1.22 bits per heavy atom.